The molecule has 4 nitrogen and oxygen atoms in total. The second kappa shape index (κ2) is 4.01. The van der Waals surface area contributed by atoms with Crippen molar-refractivity contribution in [3.63, 3.8) is 0 Å². The van der Waals surface area contributed by atoms with E-state index < -0.39 is 0 Å². The molecule has 1 aromatic rings. The summed E-state index contributed by atoms with van der Waals surface area (Å²) in [7, 11) is 0. The number of fused-ring (bicyclic) bond motifs is 1. The highest BCUT2D eigenvalue weighted by Crippen LogP contribution is 2.36. The van der Waals surface area contributed by atoms with Crippen molar-refractivity contribution in [3.8, 4) is 0 Å². The molecule has 16 heavy (non-hydrogen) atoms. The Hall–Kier alpha value is -1.16. The third kappa shape index (κ3) is 1.67. The van der Waals surface area contributed by atoms with Crippen molar-refractivity contribution in [2.75, 3.05) is 18.0 Å². The Bertz CT molecular complexity index is 353. The molecule has 1 aliphatic carbocycles. The van der Waals surface area contributed by atoms with Crippen LogP contribution >= 0.6 is 0 Å². The van der Waals surface area contributed by atoms with Gasteiger partial charge in [-0.25, -0.2) is 9.97 Å². The van der Waals surface area contributed by atoms with E-state index in [9.17, 15) is 0 Å². The Balaban J connectivity index is 1.77. The summed E-state index contributed by atoms with van der Waals surface area (Å²) in [6.07, 6.45) is 7.41. The maximum Gasteiger partial charge on any atom is 0.225 e. The molecule has 86 valence electrons. The minimum atomic E-state index is 0.382. The fraction of sp³-hybridized carbons (Fsp3) is 0.667. The summed E-state index contributed by atoms with van der Waals surface area (Å²) in [6.45, 7) is 2.12. The Morgan fingerprint density at radius 1 is 1.19 bits per heavy atom. The monoisotopic (exact) mass is 218 g/mol. The quantitative estimate of drug-likeness (QED) is 0.765. The normalized spacial score (nSPS) is 33.8. The zero-order chi connectivity index (χ0) is 11.0. The first-order valence-electron chi connectivity index (χ1n) is 6.12. The van der Waals surface area contributed by atoms with Crippen LogP contribution in [0.15, 0.2) is 18.5 Å². The summed E-state index contributed by atoms with van der Waals surface area (Å²) < 4.78 is 0. The lowest BCUT2D eigenvalue weighted by Crippen LogP contribution is -2.38. The molecule has 2 heterocycles. The molecule has 1 saturated heterocycles. The van der Waals surface area contributed by atoms with Crippen LogP contribution in [0.2, 0.25) is 0 Å². The topological polar surface area (TPSA) is 55.0 Å². The third-order valence-corrected chi connectivity index (χ3v) is 3.99. The van der Waals surface area contributed by atoms with Crippen molar-refractivity contribution in [3.05, 3.63) is 18.5 Å². The van der Waals surface area contributed by atoms with Crippen LogP contribution in [0, 0.1) is 11.8 Å². The molecule has 3 unspecified atom stereocenters. The minimum Gasteiger partial charge on any atom is -0.340 e. The molecule has 0 amide bonds. The van der Waals surface area contributed by atoms with Crippen molar-refractivity contribution < 1.29 is 0 Å². The summed E-state index contributed by atoms with van der Waals surface area (Å²) >= 11 is 0. The summed E-state index contributed by atoms with van der Waals surface area (Å²) in [5, 5.41) is 0. The SMILES string of the molecule is NC1CCCC2CN(c3ncccn3)CC12. The molecule has 0 radical (unpaired) electrons. The van der Waals surface area contributed by atoms with Gasteiger partial charge in [-0.3, -0.25) is 0 Å². The third-order valence-electron chi connectivity index (χ3n) is 3.99. The van der Waals surface area contributed by atoms with Crippen molar-refractivity contribution in [1.29, 1.82) is 0 Å². The van der Waals surface area contributed by atoms with E-state index in [2.05, 4.69) is 14.9 Å². The van der Waals surface area contributed by atoms with Crippen molar-refractivity contribution in [1.82, 2.24) is 9.97 Å². The van der Waals surface area contributed by atoms with E-state index in [1.54, 1.807) is 0 Å². The maximum absolute atomic E-state index is 6.19. The van der Waals surface area contributed by atoms with Gasteiger partial charge in [0, 0.05) is 31.5 Å². The number of hydrogen-bond donors (Lipinski definition) is 1. The second-order valence-electron chi connectivity index (χ2n) is 4.97. The molecule has 2 N–H and O–H groups in total. The van der Waals surface area contributed by atoms with Gasteiger partial charge in [0.05, 0.1) is 0 Å². The second-order valence-corrected chi connectivity index (χ2v) is 4.97. The fourth-order valence-electron chi connectivity index (χ4n) is 3.13. The van der Waals surface area contributed by atoms with Crippen LogP contribution in [0.4, 0.5) is 5.95 Å². The van der Waals surface area contributed by atoms with Gasteiger partial charge in [-0.2, -0.15) is 0 Å². The van der Waals surface area contributed by atoms with Gasteiger partial charge in [0.2, 0.25) is 5.95 Å². The van der Waals surface area contributed by atoms with Crippen LogP contribution in [0.5, 0.6) is 0 Å². The molecule has 1 aliphatic heterocycles. The van der Waals surface area contributed by atoms with Gasteiger partial charge >= 0.3 is 0 Å². The molecule has 2 aliphatic rings. The van der Waals surface area contributed by atoms with Crippen LogP contribution in [-0.2, 0) is 0 Å². The fourth-order valence-corrected chi connectivity index (χ4v) is 3.13. The summed E-state index contributed by atoms with van der Waals surface area (Å²) in [5.74, 6) is 2.27. The van der Waals surface area contributed by atoms with Gasteiger partial charge in [-0.05, 0) is 30.7 Å². The van der Waals surface area contributed by atoms with Crippen molar-refractivity contribution >= 4 is 5.95 Å². The Labute approximate surface area is 95.9 Å². The van der Waals surface area contributed by atoms with Crippen LogP contribution in [0.3, 0.4) is 0 Å². The van der Waals surface area contributed by atoms with E-state index in [4.69, 9.17) is 5.73 Å². The van der Waals surface area contributed by atoms with E-state index in [0.717, 1.165) is 25.0 Å². The summed E-state index contributed by atoms with van der Waals surface area (Å²) in [4.78, 5) is 10.9. The molecule has 4 heteroatoms. The standard InChI is InChI=1S/C12H18N4/c13-11-4-1-3-9-7-16(8-10(9)11)12-14-5-2-6-15-12/h2,5-6,9-11H,1,3-4,7-8,13H2. The lowest BCUT2D eigenvalue weighted by atomic mass is 9.78. The van der Waals surface area contributed by atoms with Gasteiger partial charge in [0.25, 0.3) is 0 Å². The van der Waals surface area contributed by atoms with Gasteiger partial charge < -0.3 is 10.6 Å². The summed E-state index contributed by atoms with van der Waals surface area (Å²) in [6, 6.07) is 2.24. The van der Waals surface area contributed by atoms with Gasteiger partial charge in [-0.15, -0.1) is 0 Å². The number of rotatable bonds is 1. The number of hydrogen-bond acceptors (Lipinski definition) is 4. The maximum atomic E-state index is 6.19. The number of nitrogens with zero attached hydrogens (tertiary/aromatic N) is 3. The van der Waals surface area contributed by atoms with Gasteiger partial charge in [0.1, 0.15) is 0 Å². The van der Waals surface area contributed by atoms with Crippen LogP contribution in [0.25, 0.3) is 0 Å². The molecular formula is C12H18N4. The van der Waals surface area contributed by atoms with E-state index in [0.29, 0.717) is 12.0 Å². The van der Waals surface area contributed by atoms with Crippen LogP contribution in [0.1, 0.15) is 19.3 Å². The minimum absolute atomic E-state index is 0.382. The average molecular weight is 218 g/mol. The first-order chi connectivity index (χ1) is 7.84. The molecule has 0 bridgehead atoms. The van der Waals surface area contributed by atoms with Gasteiger partial charge in [0.15, 0.2) is 0 Å². The lowest BCUT2D eigenvalue weighted by molar-refractivity contribution is 0.260. The van der Waals surface area contributed by atoms with E-state index in [-0.39, 0.29) is 0 Å². The van der Waals surface area contributed by atoms with Crippen LogP contribution in [-0.4, -0.2) is 29.1 Å². The first-order valence-corrected chi connectivity index (χ1v) is 6.12. The molecule has 3 rings (SSSR count). The molecule has 0 spiro atoms. The van der Waals surface area contributed by atoms with E-state index >= 15 is 0 Å². The number of aromatic nitrogens is 2. The predicted octanol–water partition coefficient (Wildman–Crippen LogP) is 1.04. The Morgan fingerprint density at radius 3 is 2.75 bits per heavy atom. The smallest absolute Gasteiger partial charge is 0.225 e. The highest BCUT2D eigenvalue weighted by molar-refractivity contribution is 5.31. The molecule has 0 aromatic carbocycles. The molecule has 2 fully saturated rings. The number of nitrogens with two attached hydrogens (primary N) is 1. The zero-order valence-electron chi connectivity index (χ0n) is 9.42. The molecule has 1 saturated carbocycles. The first kappa shape index (κ1) is 10.0. The molecule has 3 atom stereocenters. The zero-order valence-corrected chi connectivity index (χ0v) is 9.42. The largest absolute Gasteiger partial charge is 0.340 e. The Morgan fingerprint density at radius 2 is 2.00 bits per heavy atom. The Kier molecular flexibility index (Phi) is 2.52. The van der Waals surface area contributed by atoms with Crippen LogP contribution < -0.4 is 10.6 Å². The average Bonchev–Trinajstić information content (AvgIpc) is 2.76. The van der Waals surface area contributed by atoms with E-state index in [1.807, 2.05) is 18.5 Å². The lowest BCUT2D eigenvalue weighted by Gasteiger charge is -2.29. The summed E-state index contributed by atoms with van der Waals surface area (Å²) in [5.41, 5.74) is 6.19. The van der Waals surface area contributed by atoms with Crippen molar-refractivity contribution in [2.45, 2.75) is 25.3 Å². The number of anilines is 1. The predicted molar refractivity (Wildman–Crippen MR) is 63.1 cm³/mol. The van der Waals surface area contributed by atoms with Gasteiger partial charge in [-0.1, -0.05) is 6.42 Å². The molecule has 1 aromatic heterocycles. The highest BCUT2D eigenvalue weighted by atomic mass is 15.3. The highest BCUT2D eigenvalue weighted by Gasteiger charge is 2.39. The molecular weight excluding hydrogens is 200 g/mol. The van der Waals surface area contributed by atoms with Crippen molar-refractivity contribution in [2.24, 2.45) is 17.6 Å². The van der Waals surface area contributed by atoms with E-state index in [1.165, 1.54) is 19.3 Å².